The zero-order valence-electron chi connectivity index (χ0n) is 18.9. The number of hydrogen-bond acceptors (Lipinski definition) is 1. The summed E-state index contributed by atoms with van der Waals surface area (Å²) in [7, 11) is 0. The molecule has 0 saturated carbocycles. The quantitative estimate of drug-likeness (QED) is 0.121. The Morgan fingerprint density at radius 1 is 1.17 bits per heavy atom. The summed E-state index contributed by atoms with van der Waals surface area (Å²) in [5.74, 6) is 0. The number of terminal acetylenes is 1. The zero-order valence-corrected chi connectivity index (χ0v) is 19.8. The Labute approximate surface area is 186 Å². The van der Waals surface area contributed by atoms with Crippen molar-refractivity contribution in [1.29, 1.82) is 0 Å². The van der Waals surface area contributed by atoms with Crippen molar-refractivity contribution >= 4 is 12.6 Å². The van der Waals surface area contributed by atoms with Crippen molar-refractivity contribution in [3.8, 4) is 12.8 Å². The number of thiol groups is 1. The first kappa shape index (κ1) is 27.1. The SMILES string of the molecule is C#C.C=C.C=C(C)C/C(C)=C(/C1=CCCC=C1)C(S)(CCCCCC)C1=C=CC1. The first-order valence-electron chi connectivity index (χ1n) is 10.7. The number of hydrogen-bond donors (Lipinski definition) is 1. The van der Waals surface area contributed by atoms with Gasteiger partial charge >= 0.3 is 0 Å². The average Bonchev–Trinajstić information content (AvgIpc) is 2.67. The first-order valence-corrected chi connectivity index (χ1v) is 11.2. The highest BCUT2D eigenvalue weighted by Crippen LogP contribution is 2.47. The van der Waals surface area contributed by atoms with Crippen LogP contribution in [0.15, 0.2) is 77.6 Å². The Balaban J connectivity index is 0.00000184. The second-order valence-electron chi connectivity index (χ2n) is 7.63. The van der Waals surface area contributed by atoms with E-state index in [4.69, 9.17) is 12.6 Å². The van der Waals surface area contributed by atoms with Crippen LogP contribution in [0.1, 0.15) is 78.6 Å². The lowest BCUT2D eigenvalue weighted by molar-refractivity contribution is 0.580. The van der Waals surface area contributed by atoms with Crippen LogP contribution in [0.2, 0.25) is 0 Å². The topological polar surface area (TPSA) is 0 Å². The van der Waals surface area contributed by atoms with Gasteiger partial charge in [0.2, 0.25) is 0 Å². The third kappa shape index (κ3) is 8.18. The minimum Gasteiger partial charge on any atom is -0.162 e. The maximum atomic E-state index is 5.33. The van der Waals surface area contributed by atoms with Crippen molar-refractivity contribution in [3.63, 3.8) is 0 Å². The van der Waals surface area contributed by atoms with Crippen molar-refractivity contribution in [3.05, 3.63) is 77.6 Å². The number of rotatable bonds is 10. The van der Waals surface area contributed by atoms with E-state index in [1.54, 1.807) is 0 Å². The fourth-order valence-electron chi connectivity index (χ4n) is 3.90. The van der Waals surface area contributed by atoms with Crippen molar-refractivity contribution in [2.75, 3.05) is 0 Å². The molecule has 0 spiro atoms. The van der Waals surface area contributed by atoms with Gasteiger partial charge < -0.3 is 0 Å². The van der Waals surface area contributed by atoms with Crippen LogP contribution < -0.4 is 0 Å². The Bertz CT molecular complexity index is 704. The fraction of sp³-hybridized carbons (Fsp3) is 0.464. The smallest absolute Gasteiger partial charge is 0.0669 e. The van der Waals surface area contributed by atoms with Gasteiger partial charge in [-0.1, -0.05) is 68.6 Å². The molecular weight excluding hydrogens is 368 g/mol. The molecule has 0 aliphatic heterocycles. The summed E-state index contributed by atoms with van der Waals surface area (Å²) in [4.78, 5) is 0. The van der Waals surface area contributed by atoms with Gasteiger partial charge in [0.05, 0.1) is 4.75 Å². The lowest BCUT2D eigenvalue weighted by atomic mass is 9.75. The van der Waals surface area contributed by atoms with E-state index in [0.717, 1.165) is 32.1 Å². The maximum absolute atomic E-state index is 5.33. The van der Waals surface area contributed by atoms with Gasteiger partial charge in [-0.15, -0.1) is 31.7 Å². The van der Waals surface area contributed by atoms with Gasteiger partial charge in [0.1, 0.15) is 0 Å². The minimum atomic E-state index is -0.185. The second-order valence-corrected chi connectivity index (χ2v) is 8.39. The van der Waals surface area contributed by atoms with Gasteiger partial charge in [0.25, 0.3) is 0 Å². The Hall–Kier alpha value is -1.87. The molecule has 1 unspecified atom stereocenters. The van der Waals surface area contributed by atoms with E-state index in [2.05, 4.69) is 83.4 Å². The van der Waals surface area contributed by atoms with E-state index >= 15 is 0 Å². The molecule has 1 heteroatoms. The summed E-state index contributed by atoms with van der Waals surface area (Å²) in [6.07, 6.45) is 27.6. The lowest BCUT2D eigenvalue weighted by Gasteiger charge is -2.37. The molecule has 0 bridgehead atoms. The second kappa shape index (κ2) is 15.0. The Morgan fingerprint density at radius 3 is 2.28 bits per heavy atom. The van der Waals surface area contributed by atoms with E-state index < -0.39 is 0 Å². The van der Waals surface area contributed by atoms with Crippen molar-refractivity contribution in [2.24, 2.45) is 0 Å². The van der Waals surface area contributed by atoms with Crippen LogP contribution in [0.5, 0.6) is 0 Å². The van der Waals surface area contributed by atoms with Crippen molar-refractivity contribution in [1.82, 2.24) is 0 Å². The molecule has 158 valence electrons. The molecule has 0 heterocycles. The summed E-state index contributed by atoms with van der Waals surface area (Å²) in [6, 6.07) is 0. The molecule has 0 aromatic heterocycles. The molecule has 0 aromatic rings. The Kier molecular flexibility index (Phi) is 14.1. The standard InChI is InChI=1S/C24H34S.C2H4.C2H2/c1-5-6-7-11-17-24(25,22-15-12-16-22)23(20(4)18-19(2)3)21-13-9-8-10-14-21;2*1-2/h9,12-14,25H,2,5-8,10-11,15,17-18H2,1,3-4H3;1-2H2;1-2H/b23-20-;;. The normalized spacial score (nSPS) is 17.0. The van der Waals surface area contributed by atoms with Gasteiger partial charge in [0.15, 0.2) is 0 Å². The highest BCUT2D eigenvalue weighted by Gasteiger charge is 2.37. The van der Waals surface area contributed by atoms with Crippen LogP contribution >= 0.6 is 12.6 Å². The summed E-state index contributed by atoms with van der Waals surface area (Å²) >= 11 is 5.33. The van der Waals surface area contributed by atoms with E-state index in [0.29, 0.717) is 0 Å². The molecule has 2 rings (SSSR count). The molecule has 1 atom stereocenters. The van der Waals surface area contributed by atoms with Crippen LogP contribution in [0.3, 0.4) is 0 Å². The minimum absolute atomic E-state index is 0.185. The van der Waals surface area contributed by atoms with Crippen molar-refractivity contribution < 1.29 is 0 Å². The molecule has 0 radical (unpaired) electrons. The highest BCUT2D eigenvalue weighted by molar-refractivity contribution is 7.82. The molecule has 29 heavy (non-hydrogen) atoms. The van der Waals surface area contributed by atoms with E-state index in [1.807, 2.05) is 0 Å². The van der Waals surface area contributed by atoms with Gasteiger partial charge in [-0.05, 0) is 62.3 Å². The number of unbranched alkanes of at least 4 members (excludes halogenated alkanes) is 3. The Morgan fingerprint density at radius 2 is 1.83 bits per heavy atom. The van der Waals surface area contributed by atoms with Gasteiger partial charge in [-0.3, -0.25) is 0 Å². The molecular formula is C28H40S. The van der Waals surface area contributed by atoms with Gasteiger partial charge in [-0.2, -0.15) is 12.6 Å². The zero-order chi connectivity index (χ0) is 22.3. The lowest BCUT2D eigenvalue weighted by Crippen LogP contribution is -2.31. The predicted octanol–water partition coefficient (Wildman–Crippen LogP) is 8.72. The third-order valence-electron chi connectivity index (χ3n) is 5.16. The highest BCUT2D eigenvalue weighted by atomic mass is 32.1. The molecule has 0 aromatic carbocycles. The third-order valence-corrected chi connectivity index (χ3v) is 5.88. The summed E-state index contributed by atoms with van der Waals surface area (Å²) in [5, 5.41) is 0. The van der Waals surface area contributed by atoms with Gasteiger partial charge in [-0.25, -0.2) is 0 Å². The monoisotopic (exact) mass is 408 g/mol. The van der Waals surface area contributed by atoms with Crippen LogP contribution in [0, 0.1) is 12.8 Å². The average molecular weight is 409 g/mol. The van der Waals surface area contributed by atoms with Gasteiger partial charge in [0, 0.05) is 6.42 Å². The maximum Gasteiger partial charge on any atom is 0.0669 e. The first-order chi connectivity index (χ1) is 14.0. The molecule has 0 nitrogen and oxygen atoms in total. The number of allylic oxidation sites excluding steroid dienone is 6. The van der Waals surface area contributed by atoms with Crippen molar-refractivity contribution in [2.45, 2.75) is 83.3 Å². The molecule has 2 aliphatic carbocycles. The van der Waals surface area contributed by atoms with Crippen LogP contribution in [-0.2, 0) is 0 Å². The molecule has 2 aliphatic rings. The summed E-state index contributed by atoms with van der Waals surface area (Å²) in [6.45, 7) is 16.8. The molecule has 0 N–H and O–H groups in total. The summed E-state index contributed by atoms with van der Waals surface area (Å²) in [5.41, 5.74) is 10.2. The molecule has 0 amide bonds. The molecule has 0 fully saturated rings. The summed E-state index contributed by atoms with van der Waals surface area (Å²) < 4.78 is -0.185. The fourth-order valence-corrected chi connectivity index (χ4v) is 4.54. The van der Waals surface area contributed by atoms with Crippen LogP contribution in [-0.4, -0.2) is 4.75 Å². The molecule has 0 saturated heterocycles. The van der Waals surface area contributed by atoms with Crippen LogP contribution in [0.25, 0.3) is 0 Å². The van der Waals surface area contributed by atoms with E-state index in [9.17, 15) is 0 Å². The predicted molar refractivity (Wildman–Crippen MR) is 136 cm³/mol. The van der Waals surface area contributed by atoms with E-state index in [1.165, 1.54) is 53.5 Å². The van der Waals surface area contributed by atoms with Crippen LogP contribution in [0.4, 0.5) is 0 Å². The van der Waals surface area contributed by atoms with E-state index in [-0.39, 0.29) is 4.75 Å². The largest absolute Gasteiger partial charge is 0.162 e.